The number of hydrogen-bond acceptors (Lipinski definition) is 7. The summed E-state index contributed by atoms with van der Waals surface area (Å²) in [5, 5.41) is 4.67. The first-order valence-electron chi connectivity index (χ1n) is 11.0. The zero-order valence-corrected chi connectivity index (χ0v) is 18.3. The maximum atomic E-state index is 12.6. The van der Waals surface area contributed by atoms with Gasteiger partial charge in [-0.15, -0.1) is 0 Å². The average molecular weight is 462 g/mol. The van der Waals surface area contributed by atoms with Crippen LogP contribution in [0.15, 0.2) is 55.0 Å². The molecule has 1 saturated heterocycles. The van der Waals surface area contributed by atoms with E-state index < -0.39 is 0 Å². The molecule has 2 aromatic heterocycles. The van der Waals surface area contributed by atoms with Gasteiger partial charge in [0.1, 0.15) is 24.5 Å². The van der Waals surface area contributed by atoms with Crippen LogP contribution in [0.25, 0.3) is 16.8 Å². The number of amides is 1. The van der Waals surface area contributed by atoms with Gasteiger partial charge in [-0.2, -0.15) is 0 Å². The van der Waals surface area contributed by atoms with Crippen molar-refractivity contribution in [3.63, 3.8) is 0 Å². The molecule has 3 heterocycles. The topological polar surface area (TPSA) is 110 Å². The maximum absolute atomic E-state index is 12.6. The molecule has 0 spiro atoms. The Morgan fingerprint density at radius 3 is 2.68 bits per heavy atom. The number of nitrogens with two attached hydrogens (primary N) is 1. The fraction of sp³-hybridized carbons (Fsp3) is 0.308. The summed E-state index contributed by atoms with van der Waals surface area (Å²) in [4.78, 5) is 33.9. The van der Waals surface area contributed by atoms with Crippen LogP contribution in [0.4, 0.5) is 11.5 Å². The van der Waals surface area contributed by atoms with Crippen molar-refractivity contribution in [1.82, 2.24) is 15.3 Å². The predicted octanol–water partition coefficient (Wildman–Crippen LogP) is 3.47. The van der Waals surface area contributed by atoms with Crippen molar-refractivity contribution in [2.75, 3.05) is 36.9 Å². The number of aldehydes is 1. The number of allylic oxidation sites excluding steroid dienone is 1. The number of nitrogen functional groups attached to an aromatic ring is 1. The maximum Gasteiger partial charge on any atom is 0.223 e. The zero-order chi connectivity index (χ0) is 23.0. The molecule has 0 aliphatic carbocycles. The first kappa shape index (κ1) is 24.7. The molecule has 0 atom stereocenters. The van der Waals surface area contributed by atoms with Crippen molar-refractivity contribution in [2.45, 2.75) is 20.3 Å². The molecule has 3 aromatic rings. The van der Waals surface area contributed by atoms with Crippen LogP contribution >= 0.6 is 0 Å². The van der Waals surface area contributed by atoms with Gasteiger partial charge in [0, 0.05) is 54.2 Å². The number of benzene rings is 1. The second kappa shape index (κ2) is 11.8. The number of aromatic nitrogens is 2. The minimum Gasteiger partial charge on any atom is -0.491 e. The smallest absolute Gasteiger partial charge is 0.223 e. The van der Waals surface area contributed by atoms with Crippen LogP contribution in [0.2, 0.25) is 0 Å². The molecule has 0 bridgehead atoms. The molecule has 3 N–H and O–H groups in total. The number of ether oxygens (including phenoxy) is 1. The Labute approximate surface area is 199 Å². The molecule has 1 fully saturated rings. The van der Waals surface area contributed by atoms with E-state index in [0.29, 0.717) is 24.7 Å². The number of rotatable bonds is 8. The van der Waals surface area contributed by atoms with Gasteiger partial charge in [0.05, 0.1) is 6.54 Å². The molecule has 1 aliphatic rings. The van der Waals surface area contributed by atoms with Gasteiger partial charge in [0.2, 0.25) is 5.91 Å². The number of carbonyl (C=O) groups is 2. The lowest BCUT2D eigenvalue weighted by Crippen LogP contribution is -2.41. The fourth-order valence-electron chi connectivity index (χ4n) is 4.07. The van der Waals surface area contributed by atoms with E-state index in [9.17, 15) is 9.59 Å². The summed E-state index contributed by atoms with van der Waals surface area (Å²) in [6, 6.07) is 9.56. The molecule has 8 nitrogen and oxygen atoms in total. The summed E-state index contributed by atoms with van der Waals surface area (Å²) < 4.78 is 5.93. The Morgan fingerprint density at radius 2 is 1.94 bits per heavy atom. The molecule has 1 aromatic carbocycles. The summed E-state index contributed by atoms with van der Waals surface area (Å²) in [5.41, 5.74) is 7.90. The van der Waals surface area contributed by atoms with Crippen LogP contribution in [-0.2, 0) is 9.59 Å². The van der Waals surface area contributed by atoms with Crippen LogP contribution < -0.4 is 20.7 Å². The SMILES string of the molecule is C.Nc1nccc2cc(/C=C/C=O)c(OCCNC(=O)C3CCN(c4ccncc4)CC3)cc12. The van der Waals surface area contributed by atoms with Gasteiger partial charge < -0.3 is 20.7 Å². The standard InChI is InChI=1S/C25H27N5O3.CH4/c26-24-22-17-23(20(2-1-14-31)16-19(22)3-10-28-24)33-15-11-29-25(32)18-6-12-30(13-7-18)21-4-8-27-9-5-21;/h1-5,8-10,14,16-18H,6-7,11-13,15H2,(H2,26,28)(H,29,32);1H4/b2-1+;. The van der Waals surface area contributed by atoms with Crippen LogP contribution in [0.3, 0.4) is 0 Å². The first-order valence-corrected chi connectivity index (χ1v) is 11.0. The zero-order valence-electron chi connectivity index (χ0n) is 18.3. The minimum atomic E-state index is 0. The van der Waals surface area contributed by atoms with Gasteiger partial charge in [0.25, 0.3) is 0 Å². The third kappa shape index (κ3) is 5.89. The molecular weight excluding hydrogens is 430 g/mol. The van der Waals surface area contributed by atoms with Crippen molar-refractivity contribution in [3.05, 3.63) is 60.6 Å². The highest BCUT2D eigenvalue weighted by Gasteiger charge is 2.24. The second-order valence-electron chi connectivity index (χ2n) is 7.91. The minimum absolute atomic E-state index is 0. The third-order valence-electron chi connectivity index (χ3n) is 5.83. The average Bonchev–Trinajstić information content (AvgIpc) is 2.86. The number of nitrogens with zero attached hydrogens (tertiary/aromatic N) is 3. The lowest BCUT2D eigenvalue weighted by molar-refractivity contribution is -0.125. The monoisotopic (exact) mass is 461 g/mol. The predicted molar refractivity (Wildman–Crippen MR) is 136 cm³/mol. The van der Waals surface area contributed by atoms with E-state index in [4.69, 9.17) is 10.5 Å². The Balaban J connectivity index is 0.00000324. The third-order valence-corrected chi connectivity index (χ3v) is 5.83. The molecular formula is C26H31N5O3. The second-order valence-corrected chi connectivity index (χ2v) is 7.91. The molecule has 0 saturated carbocycles. The molecule has 8 heteroatoms. The Bertz CT molecular complexity index is 1140. The van der Waals surface area contributed by atoms with Crippen molar-refractivity contribution >= 4 is 40.5 Å². The number of carbonyl (C=O) groups excluding carboxylic acids is 2. The highest BCUT2D eigenvalue weighted by molar-refractivity contribution is 5.94. The Kier molecular flexibility index (Phi) is 8.56. The van der Waals surface area contributed by atoms with Gasteiger partial charge in [-0.3, -0.25) is 14.6 Å². The van der Waals surface area contributed by atoms with Gasteiger partial charge in [-0.05, 0) is 60.7 Å². The molecule has 34 heavy (non-hydrogen) atoms. The number of piperidine rings is 1. The van der Waals surface area contributed by atoms with E-state index in [2.05, 4.69) is 20.2 Å². The summed E-state index contributed by atoms with van der Waals surface area (Å²) >= 11 is 0. The van der Waals surface area contributed by atoms with Crippen LogP contribution in [-0.4, -0.2) is 48.4 Å². The van der Waals surface area contributed by atoms with Gasteiger partial charge in [0.15, 0.2) is 0 Å². The van der Waals surface area contributed by atoms with Crippen molar-refractivity contribution in [1.29, 1.82) is 0 Å². The summed E-state index contributed by atoms with van der Waals surface area (Å²) in [7, 11) is 0. The summed E-state index contributed by atoms with van der Waals surface area (Å²) in [6.45, 7) is 2.38. The number of anilines is 2. The largest absolute Gasteiger partial charge is 0.491 e. The molecule has 178 valence electrons. The van der Waals surface area contributed by atoms with E-state index in [1.807, 2.05) is 30.3 Å². The van der Waals surface area contributed by atoms with Gasteiger partial charge >= 0.3 is 0 Å². The molecule has 0 radical (unpaired) electrons. The normalized spacial score (nSPS) is 14.1. The van der Waals surface area contributed by atoms with Crippen LogP contribution in [0.1, 0.15) is 25.8 Å². The number of nitrogens with one attached hydrogen (secondary N) is 1. The van der Waals surface area contributed by atoms with E-state index in [0.717, 1.165) is 54.2 Å². The lowest BCUT2D eigenvalue weighted by Gasteiger charge is -2.32. The van der Waals surface area contributed by atoms with Gasteiger partial charge in [-0.25, -0.2) is 4.98 Å². The molecule has 0 unspecified atom stereocenters. The molecule has 4 rings (SSSR count). The number of pyridine rings is 2. The van der Waals surface area contributed by atoms with Crippen LogP contribution in [0.5, 0.6) is 5.75 Å². The van der Waals surface area contributed by atoms with Crippen molar-refractivity contribution in [2.24, 2.45) is 5.92 Å². The van der Waals surface area contributed by atoms with Gasteiger partial charge in [-0.1, -0.05) is 7.43 Å². The lowest BCUT2D eigenvalue weighted by atomic mass is 9.95. The summed E-state index contributed by atoms with van der Waals surface area (Å²) in [6.07, 6.45) is 10.7. The van der Waals surface area contributed by atoms with Crippen molar-refractivity contribution < 1.29 is 14.3 Å². The molecule has 1 aliphatic heterocycles. The molecule has 1 amide bonds. The number of fused-ring (bicyclic) bond motifs is 1. The highest BCUT2D eigenvalue weighted by atomic mass is 16.5. The Hall–Kier alpha value is -3.94. The van der Waals surface area contributed by atoms with Crippen LogP contribution in [0, 0.1) is 5.92 Å². The highest BCUT2D eigenvalue weighted by Crippen LogP contribution is 2.29. The quantitative estimate of drug-likeness (QED) is 0.300. The Morgan fingerprint density at radius 1 is 1.18 bits per heavy atom. The number of hydrogen-bond donors (Lipinski definition) is 2. The first-order chi connectivity index (χ1) is 16.2. The van der Waals surface area contributed by atoms with E-state index >= 15 is 0 Å². The fourth-order valence-corrected chi connectivity index (χ4v) is 4.07. The summed E-state index contributed by atoms with van der Waals surface area (Å²) in [5.74, 6) is 1.05. The van der Waals surface area contributed by atoms with E-state index in [1.54, 1.807) is 24.7 Å². The van der Waals surface area contributed by atoms with Crippen molar-refractivity contribution in [3.8, 4) is 5.75 Å². The van der Waals surface area contributed by atoms with E-state index in [1.165, 1.54) is 6.08 Å². The van der Waals surface area contributed by atoms with E-state index in [-0.39, 0.29) is 19.3 Å².